The van der Waals surface area contributed by atoms with Gasteiger partial charge < -0.3 is 5.32 Å². The predicted octanol–water partition coefficient (Wildman–Crippen LogP) is 2.67. The van der Waals surface area contributed by atoms with Crippen molar-refractivity contribution in [1.82, 2.24) is 5.32 Å². The van der Waals surface area contributed by atoms with Gasteiger partial charge in [-0.1, -0.05) is 19.4 Å². The van der Waals surface area contributed by atoms with Gasteiger partial charge in [-0.05, 0) is 24.8 Å². The smallest absolute Gasteiger partial charge is 0.261 e. The highest BCUT2D eigenvalue weighted by Gasteiger charge is 2.08. The van der Waals surface area contributed by atoms with Crippen LogP contribution in [0.15, 0.2) is 17.5 Å². The summed E-state index contributed by atoms with van der Waals surface area (Å²) in [6.07, 6.45) is 2.14. The number of rotatable bonds is 4. The quantitative estimate of drug-likeness (QED) is 0.790. The molecule has 0 bridgehead atoms. The fourth-order valence-electron chi connectivity index (χ4n) is 1.21. The third-order valence-corrected chi connectivity index (χ3v) is 2.71. The highest BCUT2D eigenvalue weighted by molar-refractivity contribution is 7.12. The number of amides is 1. The second-order valence-electron chi connectivity index (χ2n) is 3.14. The highest BCUT2D eigenvalue weighted by Crippen LogP contribution is 2.08. The van der Waals surface area contributed by atoms with Gasteiger partial charge in [-0.25, -0.2) is 0 Å². The maximum absolute atomic E-state index is 11.5. The lowest BCUT2D eigenvalue weighted by Crippen LogP contribution is -2.31. The van der Waals surface area contributed by atoms with E-state index in [0.717, 1.165) is 17.7 Å². The zero-order valence-electron chi connectivity index (χ0n) is 8.04. The van der Waals surface area contributed by atoms with Crippen LogP contribution in [0.2, 0.25) is 0 Å². The first-order chi connectivity index (χ1) is 6.24. The molecule has 0 aliphatic heterocycles. The van der Waals surface area contributed by atoms with Gasteiger partial charge in [0.05, 0.1) is 4.88 Å². The summed E-state index contributed by atoms with van der Waals surface area (Å²) in [5.74, 6) is 0.0518. The van der Waals surface area contributed by atoms with Gasteiger partial charge in [0.2, 0.25) is 0 Å². The molecule has 0 radical (unpaired) electrons. The van der Waals surface area contributed by atoms with Crippen LogP contribution in [0.25, 0.3) is 0 Å². The van der Waals surface area contributed by atoms with Crippen LogP contribution in [-0.4, -0.2) is 11.9 Å². The first kappa shape index (κ1) is 10.3. The first-order valence-electron chi connectivity index (χ1n) is 4.58. The largest absolute Gasteiger partial charge is 0.349 e. The van der Waals surface area contributed by atoms with Crippen molar-refractivity contribution in [2.24, 2.45) is 0 Å². The molecule has 13 heavy (non-hydrogen) atoms. The van der Waals surface area contributed by atoms with Crippen LogP contribution in [0, 0.1) is 0 Å². The van der Waals surface area contributed by atoms with E-state index in [1.54, 1.807) is 0 Å². The molecule has 0 aliphatic carbocycles. The number of hydrogen-bond donors (Lipinski definition) is 1. The molecule has 0 aromatic carbocycles. The van der Waals surface area contributed by atoms with Gasteiger partial charge in [-0.3, -0.25) is 4.79 Å². The zero-order valence-corrected chi connectivity index (χ0v) is 8.86. The first-order valence-corrected chi connectivity index (χ1v) is 5.46. The molecule has 0 aliphatic rings. The van der Waals surface area contributed by atoms with E-state index in [9.17, 15) is 4.79 Å². The molecule has 0 fully saturated rings. The monoisotopic (exact) mass is 197 g/mol. The zero-order chi connectivity index (χ0) is 9.68. The SMILES string of the molecule is CCC[C@@H](C)NC(=O)c1cccs1. The maximum Gasteiger partial charge on any atom is 0.261 e. The van der Waals surface area contributed by atoms with Crippen molar-refractivity contribution >= 4 is 17.2 Å². The van der Waals surface area contributed by atoms with E-state index in [4.69, 9.17) is 0 Å². The summed E-state index contributed by atoms with van der Waals surface area (Å²) in [4.78, 5) is 12.3. The maximum atomic E-state index is 11.5. The Kier molecular flexibility index (Phi) is 3.96. The lowest BCUT2D eigenvalue weighted by Gasteiger charge is -2.11. The van der Waals surface area contributed by atoms with Gasteiger partial charge >= 0.3 is 0 Å². The van der Waals surface area contributed by atoms with Crippen LogP contribution in [0.3, 0.4) is 0 Å². The van der Waals surface area contributed by atoms with Crippen molar-refractivity contribution in [2.45, 2.75) is 32.7 Å². The van der Waals surface area contributed by atoms with E-state index in [1.807, 2.05) is 24.4 Å². The Bertz CT molecular complexity index is 256. The van der Waals surface area contributed by atoms with Crippen LogP contribution in [-0.2, 0) is 0 Å². The molecule has 0 unspecified atom stereocenters. The molecule has 72 valence electrons. The Morgan fingerprint density at radius 2 is 2.46 bits per heavy atom. The molecular weight excluding hydrogens is 182 g/mol. The Labute approximate surface area is 83.0 Å². The molecule has 1 N–H and O–H groups in total. The van der Waals surface area contributed by atoms with Gasteiger partial charge in [0.15, 0.2) is 0 Å². The fourth-order valence-corrected chi connectivity index (χ4v) is 1.83. The van der Waals surface area contributed by atoms with E-state index < -0.39 is 0 Å². The number of nitrogens with one attached hydrogen (secondary N) is 1. The van der Waals surface area contributed by atoms with Crippen LogP contribution < -0.4 is 5.32 Å². The minimum absolute atomic E-state index is 0.0518. The number of hydrogen-bond acceptors (Lipinski definition) is 2. The van der Waals surface area contributed by atoms with Crippen LogP contribution in [0.1, 0.15) is 36.4 Å². The summed E-state index contributed by atoms with van der Waals surface area (Å²) >= 11 is 1.48. The van der Waals surface area contributed by atoms with Gasteiger partial charge in [-0.15, -0.1) is 11.3 Å². The number of thiophene rings is 1. The van der Waals surface area contributed by atoms with E-state index >= 15 is 0 Å². The van der Waals surface area contributed by atoms with E-state index in [-0.39, 0.29) is 11.9 Å². The topological polar surface area (TPSA) is 29.1 Å². The minimum Gasteiger partial charge on any atom is -0.349 e. The summed E-state index contributed by atoms with van der Waals surface area (Å²) in [7, 11) is 0. The van der Waals surface area contributed by atoms with Crippen molar-refractivity contribution < 1.29 is 4.79 Å². The van der Waals surface area contributed by atoms with Crippen molar-refractivity contribution in [3.05, 3.63) is 22.4 Å². The standard InChI is InChI=1S/C10H15NOS/c1-3-5-8(2)11-10(12)9-6-4-7-13-9/h4,6-8H,3,5H2,1-2H3,(H,11,12)/t8-/m1/s1. The van der Waals surface area contributed by atoms with Gasteiger partial charge in [-0.2, -0.15) is 0 Å². The van der Waals surface area contributed by atoms with Crippen molar-refractivity contribution in [1.29, 1.82) is 0 Å². The highest BCUT2D eigenvalue weighted by atomic mass is 32.1. The third-order valence-electron chi connectivity index (χ3n) is 1.84. The summed E-state index contributed by atoms with van der Waals surface area (Å²) < 4.78 is 0. The molecule has 1 rings (SSSR count). The Morgan fingerprint density at radius 1 is 1.69 bits per heavy atom. The third kappa shape index (κ3) is 3.19. The summed E-state index contributed by atoms with van der Waals surface area (Å²) in [5, 5.41) is 4.87. The molecule has 1 heterocycles. The van der Waals surface area contributed by atoms with Crippen LogP contribution >= 0.6 is 11.3 Å². The predicted molar refractivity (Wildman–Crippen MR) is 56.2 cm³/mol. The van der Waals surface area contributed by atoms with Gasteiger partial charge in [0.25, 0.3) is 5.91 Å². The van der Waals surface area contributed by atoms with Crippen LogP contribution in [0.4, 0.5) is 0 Å². The molecule has 1 aromatic heterocycles. The van der Waals surface area contributed by atoms with E-state index in [0.29, 0.717) is 0 Å². The minimum atomic E-state index is 0.0518. The summed E-state index contributed by atoms with van der Waals surface area (Å²) in [5.41, 5.74) is 0. The molecule has 0 saturated heterocycles. The van der Waals surface area contributed by atoms with Gasteiger partial charge in [0, 0.05) is 6.04 Å². The lowest BCUT2D eigenvalue weighted by atomic mass is 10.2. The van der Waals surface area contributed by atoms with Crippen molar-refractivity contribution in [3.63, 3.8) is 0 Å². The Morgan fingerprint density at radius 3 is 3.00 bits per heavy atom. The molecule has 2 nitrogen and oxygen atoms in total. The molecular formula is C10H15NOS. The van der Waals surface area contributed by atoms with Gasteiger partial charge in [0.1, 0.15) is 0 Å². The van der Waals surface area contributed by atoms with Crippen molar-refractivity contribution in [2.75, 3.05) is 0 Å². The average molecular weight is 197 g/mol. The molecule has 1 amide bonds. The normalized spacial score (nSPS) is 12.5. The summed E-state index contributed by atoms with van der Waals surface area (Å²) in [6.45, 7) is 4.16. The van der Waals surface area contributed by atoms with Crippen LogP contribution in [0.5, 0.6) is 0 Å². The van der Waals surface area contributed by atoms with E-state index in [2.05, 4.69) is 12.2 Å². The van der Waals surface area contributed by atoms with Crippen molar-refractivity contribution in [3.8, 4) is 0 Å². The average Bonchev–Trinajstić information content (AvgIpc) is 2.55. The molecule has 1 aromatic rings. The lowest BCUT2D eigenvalue weighted by molar-refractivity contribution is 0.0942. The second kappa shape index (κ2) is 5.02. The summed E-state index contributed by atoms with van der Waals surface area (Å²) in [6, 6.07) is 4.02. The number of carbonyl (C=O) groups is 1. The fraction of sp³-hybridized carbons (Fsp3) is 0.500. The number of carbonyl (C=O) groups excluding carboxylic acids is 1. The molecule has 0 spiro atoms. The molecule has 1 atom stereocenters. The Hall–Kier alpha value is -0.830. The van der Waals surface area contributed by atoms with E-state index in [1.165, 1.54) is 11.3 Å². The Balaban J connectivity index is 2.42. The second-order valence-corrected chi connectivity index (χ2v) is 4.09. The molecule has 3 heteroatoms. The molecule has 0 saturated carbocycles.